The van der Waals surface area contributed by atoms with Gasteiger partial charge in [0.2, 0.25) is 5.95 Å². The number of hydrogen-bond acceptors (Lipinski definition) is 4. The van der Waals surface area contributed by atoms with Gasteiger partial charge in [-0.2, -0.15) is 0 Å². The van der Waals surface area contributed by atoms with Crippen LogP contribution in [0.15, 0.2) is 18.2 Å². The van der Waals surface area contributed by atoms with Crippen molar-refractivity contribution >= 4 is 17.0 Å². The average Bonchev–Trinajstić information content (AvgIpc) is 2.74. The number of fused-ring (bicyclic) bond motifs is 1. The van der Waals surface area contributed by atoms with Gasteiger partial charge in [-0.3, -0.25) is 0 Å². The van der Waals surface area contributed by atoms with E-state index in [1.165, 1.54) is 0 Å². The molecule has 0 bridgehead atoms. The van der Waals surface area contributed by atoms with Crippen LogP contribution in [0.4, 0.5) is 5.95 Å². The van der Waals surface area contributed by atoms with E-state index in [0.29, 0.717) is 17.9 Å². The van der Waals surface area contributed by atoms with Crippen LogP contribution in [0.2, 0.25) is 0 Å². The quantitative estimate of drug-likeness (QED) is 0.911. The van der Waals surface area contributed by atoms with Crippen LogP contribution in [0, 0.1) is 5.92 Å². The number of methoxy groups -OCH3 is 1. The second kappa shape index (κ2) is 4.98. The van der Waals surface area contributed by atoms with Gasteiger partial charge >= 0.3 is 0 Å². The molecule has 2 unspecified atom stereocenters. The molecule has 0 saturated carbocycles. The largest absolute Gasteiger partial charge is 0.497 e. The second-order valence-corrected chi connectivity index (χ2v) is 5.79. The number of nitrogens with two attached hydrogens (primary N) is 1. The molecule has 2 heterocycles. The number of benzene rings is 1. The van der Waals surface area contributed by atoms with Crippen LogP contribution in [0.5, 0.6) is 5.75 Å². The van der Waals surface area contributed by atoms with Crippen LogP contribution in [0.25, 0.3) is 11.0 Å². The zero-order valence-electron chi connectivity index (χ0n) is 12.3. The lowest BCUT2D eigenvalue weighted by molar-refractivity contribution is 0.162. The van der Waals surface area contributed by atoms with E-state index in [4.69, 9.17) is 10.5 Å². The Kier molecular flexibility index (Phi) is 3.30. The van der Waals surface area contributed by atoms with Gasteiger partial charge in [-0.05, 0) is 38.1 Å². The third-order valence-electron chi connectivity index (χ3n) is 4.32. The predicted octanol–water partition coefficient (Wildman–Crippen LogP) is 2.14. The Morgan fingerprint density at radius 2 is 2.20 bits per heavy atom. The lowest BCUT2D eigenvalue weighted by Gasteiger charge is -2.36. The fourth-order valence-corrected chi connectivity index (χ4v) is 3.30. The summed E-state index contributed by atoms with van der Waals surface area (Å²) in [6, 6.07) is 6.40. The Morgan fingerprint density at radius 3 is 2.90 bits per heavy atom. The monoisotopic (exact) mass is 274 g/mol. The number of aromatic nitrogens is 2. The number of nitrogens with zero attached hydrogens (tertiary/aromatic N) is 3. The summed E-state index contributed by atoms with van der Waals surface area (Å²) in [6.07, 6.45) is 1.11. The standard InChI is InChI=1S/C15H22N4O/c1-10-9-18(2)7-6-13(10)19-14-5-4-11(20-3)8-12(14)17-15(19)16/h4-5,8,10,13H,6-7,9H2,1-3H3,(H2,16,17). The van der Waals surface area contributed by atoms with E-state index in [2.05, 4.69) is 34.5 Å². The Labute approximate surface area is 119 Å². The first-order valence-electron chi connectivity index (χ1n) is 7.10. The highest BCUT2D eigenvalue weighted by Gasteiger charge is 2.28. The molecule has 1 aromatic carbocycles. The summed E-state index contributed by atoms with van der Waals surface area (Å²) in [4.78, 5) is 6.87. The highest BCUT2D eigenvalue weighted by atomic mass is 16.5. The molecule has 5 nitrogen and oxygen atoms in total. The first-order valence-corrected chi connectivity index (χ1v) is 7.10. The molecule has 1 aliphatic heterocycles. The molecule has 1 saturated heterocycles. The molecule has 0 spiro atoms. The zero-order chi connectivity index (χ0) is 14.3. The van der Waals surface area contributed by atoms with Crippen molar-refractivity contribution in [2.75, 3.05) is 33.0 Å². The number of hydrogen-bond donors (Lipinski definition) is 1. The molecule has 0 aliphatic carbocycles. The van der Waals surface area contributed by atoms with Crippen molar-refractivity contribution in [2.45, 2.75) is 19.4 Å². The van der Waals surface area contributed by atoms with Crippen molar-refractivity contribution in [1.29, 1.82) is 0 Å². The molecular formula is C15H22N4O. The van der Waals surface area contributed by atoms with E-state index >= 15 is 0 Å². The topological polar surface area (TPSA) is 56.3 Å². The molecule has 1 fully saturated rings. The minimum atomic E-state index is 0.421. The lowest BCUT2D eigenvalue weighted by atomic mass is 9.94. The number of ether oxygens (including phenoxy) is 1. The summed E-state index contributed by atoms with van der Waals surface area (Å²) in [5, 5.41) is 0. The Morgan fingerprint density at radius 1 is 1.40 bits per heavy atom. The molecule has 20 heavy (non-hydrogen) atoms. The Bertz CT molecular complexity index is 622. The van der Waals surface area contributed by atoms with Gasteiger partial charge in [-0.15, -0.1) is 0 Å². The smallest absolute Gasteiger partial charge is 0.201 e. The fourth-order valence-electron chi connectivity index (χ4n) is 3.30. The second-order valence-electron chi connectivity index (χ2n) is 5.79. The van der Waals surface area contributed by atoms with E-state index in [-0.39, 0.29) is 0 Å². The van der Waals surface area contributed by atoms with E-state index in [1.54, 1.807) is 7.11 Å². The normalized spacial score (nSPS) is 24.1. The van der Waals surface area contributed by atoms with E-state index in [1.807, 2.05) is 12.1 Å². The van der Waals surface area contributed by atoms with Crippen LogP contribution in [0.3, 0.4) is 0 Å². The van der Waals surface area contributed by atoms with E-state index in [9.17, 15) is 0 Å². The summed E-state index contributed by atoms with van der Waals surface area (Å²) in [7, 11) is 3.84. The van der Waals surface area contributed by atoms with Crippen LogP contribution in [-0.2, 0) is 0 Å². The number of nitrogen functional groups attached to an aromatic ring is 1. The van der Waals surface area contributed by atoms with Gasteiger partial charge in [0, 0.05) is 18.7 Å². The predicted molar refractivity (Wildman–Crippen MR) is 81.0 cm³/mol. The van der Waals surface area contributed by atoms with E-state index < -0.39 is 0 Å². The number of anilines is 1. The first-order chi connectivity index (χ1) is 9.60. The maximum absolute atomic E-state index is 6.17. The third kappa shape index (κ3) is 2.12. The van der Waals surface area contributed by atoms with Crippen molar-refractivity contribution in [3.63, 3.8) is 0 Å². The minimum Gasteiger partial charge on any atom is -0.497 e. The highest BCUT2D eigenvalue weighted by Crippen LogP contribution is 2.34. The minimum absolute atomic E-state index is 0.421. The van der Waals surface area contributed by atoms with Crippen molar-refractivity contribution in [3.05, 3.63) is 18.2 Å². The molecule has 0 radical (unpaired) electrons. The van der Waals surface area contributed by atoms with Gasteiger partial charge in [0.1, 0.15) is 5.75 Å². The zero-order valence-corrected chi connectivity index (χ0v) is 12.3. The van der Waals surface area contributed by atoms with Gasteiger partial charge < -0.3 is 19.9 Å². The molecule has 2 aromatic rings. The molecular weight excluding hydrogens is 252 g/mol. The number of piperidine rings is 1. The molecule has 5 heteroatoms. The van der Waals surface area contributed by atoms with Crippen LogP contribution in [-0.4, -0.2) is 41.7 Å². The van der Waals surface area contributed by atoms with Gasteiger partial charge in [-0.25, -0.2) is 4.98 Å². The first kappa shape index (κ1) is 13.2. The van der Waals surface area contributed by atoms with Crippen molar-refractivity contribution in [1.82, 2.24) is 14.5 Å². The average molecular weight is 274 g/mol. The molecule has 0 amide bonds. The number of likely N-dealkylation sites (tertiary alicyclic amines) is 1. The molecule has 2 N–H and O–H groups in total. The van der Waals surface area contributed by atoms with Crippen LogP contribution >= 0.6 is 0 Å². The lowest BCUT2D eigenvalue weighted by Crippen LogP contribution is -2.38. The SMILES string of the molecule is COc1ccc2c(c1)nc(N)n2C1CCN(C)CC1C. The summed E-state index contributed by atoms with van der Waals surface area (Å²) in [5.74, 6) is 1.99. The molecule has 108 valence electrons. The van der Waals surface area contributed by atoms with Gasteiger partial charge in [0.15, 0.2) is 0 Å². The summed E-state index contributed by atoms with van der Waals surface area (Å²) in [5.41, 5.74) is 8.18. The number of imidazole rings is 1. The maximum Gasteiger partial charge on any atom is 0.201 e. The van der Waals surface area contributed by atoms with Crippen molar-refractivity contribution in [3.8, 4) is 5.75 Å². The van der Waals surface area contributed by atoms with Crippen molar-refractivity contribution in [2.24, 2.45) is 5.92 Å². The summed E-state index contributed by atoms with van der Waals surface area (Å²) >= 11 is 0. The third-order valence-corrected chi connectivity index (χ3v) is 4.32. The van der Waals surface area contributed by atoms with Gasteiger partial charge in [0.25, 0.3) is 0 Å². The Balaban J connectivity index is 2.04. The van der Waals surface area contributed by atoms with Gasteiger partial charge in [0.05, 0.1) is 18.1 Å². The highest BCUT2D eigenvalue weighted by molar-refractivity contribution is 5.80. The molecule has 1 aromatic heterocycles. The molecule has 1 aliphatic rings. The van der Waals surface area contributed by atoms with Gasteiger partial charge in [-0.1, -0.05) is 6.92 Å². The summed E-state index contributed by atoms with van der Waals surface area (Å²) in [6.45, 7) is 4.49. The molecule has 2 atom stereocenters. The van der Waals surface area contributed by atoms with Crippen molar-refractivity contribution < 1.29 is 4.74 Å². The maximum atomic E-state index is 6.17. The number of rotatable bonds is 2. The Hall–Kier alpha value is -1.75. The summed E-state index contributed by atoms with van der Waals surface area (Å²) < 4.78 is 7.46. The molecule has 3 rings (SSSR count). The van der Waals surface area contributed by atoms with E-state index in [0.717, 1.165) is 36.3 Å². The fraction of sp³-hybridized carbons (Fsp3) is 0.533. The van der Waals surface area contributed by atoms with Crippen LogP contribution < -0.4 is 10.5 Å². The van der Waals surface area contributed by atoms with Crippen LogP contribution in [0.1, 0.15) is 19.4 Å².